The Bertz CT molecular complexity index is 658. The number of carboxylic acid groups (broad SMARTS) is 1. The number of allylic oxidation sites excluding steroid dienone is 1. The number of aromatic hydroxyl groups is 2. The van der Waals surface area contributed by atoms with Crippen molar-refractivity contribution >= 4 is 5.97 Å². The first-order valence-corrected chi connectivity index (χ1v) is 7.47. The van der Waals surface area contributed by atoms with Crippen LogP contribution in [0.1, 0.15) is 61.5 Å². The second-order valence-corrected chi connectivity index (χ2v) is 7.39. The largest absolute Gasteiger partial charge is 0.507 e. The summed E-state index contributed by atoms with van der Waals surface area (Å²) in [6.07, 6.45) is 2.47. The number of hydrogen-bond donors (Lipinski definition) is 3. The third-order valence-electron chi connectivity index (χ3n) is 4.96. The van der Waals surface area contributed by atoms with E-state index in [1.54, 1.807) is 6.92 Å². The molecule has 0 aromatic heterocycles. The zero-order valence-electron chi connectivity index (χ0n) is 13.7. The second kappa shape index (κ2) is 5.04. The van der Waals surface area contributed by atoms with Gasteiger partial charge in [0.2, 0.25) is 0 Å². The Morgan fingerprint density at radius 2 is 1.86 bits per heavy atom. The molecule has 0 bridgehead atoms. The van der Waals surface area contributed by atoms with Crippen LogP contribution in [0.4, 0.5) is 0 Å². The van der Waals surface area contributed by atoms with Crippen molar-refractivity contribution in [1.29, 1.82) is 0 Å². The van der Waals surface area contributed by atoms with Crippen LogP contribution in [0.15, 0.2) is 18.2 Å². The van der Waals surface area contributed by atoms with Gasteiger partial charge in [-0.1, -0.05) is 32.9 Å². The van der Waals surface area contributed by atoms with Gasteiger partial charge in [0.05, 0.1) is 0 Å². The van der Waals surface area contributed by atoms with Gasteiger partial charge in [-0.25, -0.2) is 4.79 Å². The van der Waals surface area contributed by atoms with Crippen LogP contribution in [-0.4, -0.2) is 21.3 Å². The molecule has 1 aliphatic rings. The van der Waals surface area contributed by atoms with E-state index in [1.165, 1.54) is 6.07 Å². The van der Waals surface area contributed by atoms with Crippen LogP contribution in [-0.2, 0) is 5.41 Å². The van der Waals surface area contributed by atoms with Gasteiger partial charge in [-0.2, -0.15) is 0 Å². The lowest BCUT2D eigenvalue weighted by atomic mass is 9.59. The standard InChI is InChI=1S/C18H24O4/c1-10-8-12(19)14(15(20)13(10)16(21)22)18(5)9-17(3,4)7-6-11(18)2/h8,19-20H,2,6-7,9H2,1,3-5H3,(H,21,22). The summed E-state index contributed by atoms with van der Waals surface area (Å²) >= 11 is 0. The molecule has 1 aliphatic carbocycles. The molecule has 1 aromatic rings. The first-order valence-electron chi connectivity index (χ1n) is 7.47. The van der Waals surface area contributed by atoms with E-state index >= 15 is 0 Å². The molecule has 0 aliphatic heterocycles. The monoisotopic (exact) mass is 304 g/mol. The summed E-state index contributed by atoms with van der Waals surface area (Å²) < 4.78 is 0. The van der Waals surface area contributed by atoms with Crippen LogP contribution in [0.25, 0.3) is 0 Å². The number of phenols is 2. The smallest absolute Gasteiger partial charge is 0.339 e. The number of aryl methyl sites for hydroxylation is 1. The number of carbonyl (C=O) groups is 1. The van der Waals surface area contributed by atoms with Crippen molar-refractivity contribution in [2.75, 3.05) is 0 Å². The fraction of sp³-hybridized carbons (Fsp3) is 0.500. The Morgan fingerprint density at radius 1 is 1.27 bits per heavy atom. The van der Waals surface area contributed by atoms with Gasteiger partial charge in [0.1, 0.15) is 17.1 Å². The van der Waals surface area contributed by atoms with Crippen molar-refractivity contribution in [3.63, 3.8) is 0 Å². The zero-order chi connectivity index (χ0) is 16.9. The molecule has 1 aromatic carbocycles. The maximum Gasteiger partial charge on any atom is 0.339 e. The molecule has 0 heterocycles. The third kappa shape index (κ3) is 2.47. The van der Waals surface area contributed by atoms with E-state index in [0.29, 0.717) is 12.0 Å². The SMILES string of the molecule is C=C1CCC(C)(C)CC1(C)c1c(O)cc(C)c(C(=O)O)c1O. The number of rotatable bonds is 2. The maximum atomic E-state index is 11.4. The number of hydrogen-bond acceptors (Lipinski definition) is 3. The van der Waals surface area contributed by atoms with Crippen molar-refractivity contribution in [2.24, 2.45) is 5.41 Å². The Labute approximate surface area is 131 Å². The normalized spacial score (nSPS) is 24.3. The van der Waals surface area contributed by atoms with E-state index in [-0.39, 0.29) is 28.0 Å². The molecule has 1 saturated carbocycles. The molecule has 120 valence electrons. The van der Waals surface area contributed by atoms with Gasteiger partial charge in [0.25, 0.3) is 0 Å². The molecule has 0 spiro atoms. The molecule has 4 nitrogen and oxygen atoms in total. The van der Waals surface area contributed by atoms with E-state index in [0.717, 1.165) is 18.4 Å². The van der Waals surface area contributed by atoms with Crippen LogP contribution in [0.3, 0.4) is 0 Å². The summed E-state index contributed by atoms with van der Waals surface area (Å²) in [5.74, 6) is -1.60. The topological polar surface area (TPSA) is 77.8 Å². The number of carboxylic acids is 1. The Hall–Kier alpha value is -1.97. The molecule has 1 fully saturated rings. The average molecular weight is 304 g/mol. The van der Waals surface area contributed by atoms with Gasteiger partial charge < -0.3 is 15.3 Å². The quantitative estimate of drug-likeness (QED) is 0.718. The van der Waals surface area contributed by atoms with E-state index in [2.05, 4.69) is 20.4 Å². The van der Waals surface area contributed by atoms with Crippen molar-refractivity contribution in [3.8, 4) is 11.5 Å². The summed E-state index contributed by atoms with van der Waals surface area (Å²) in [5, 5.41) is 30.3. The highest BCUT2D eigenvalue weighted by Gasteiger charge is 2.44. The molecule has 0 amide bonds. The lowest BCUT2D eigenvalue weighted by molar-refractivity contribution is 0.0692. The van der Waals surface area contributed by atoms with Gasteiger partial charge in [-0.15, -0.1) is 0 Å². The molecule has 2 rings (SSSR count). The molecule has 3 N–H and O–H groups in total. The molecule has 1 atom stereocenters. The Morgan fingerprint density at radius 3 is 2.41 bits per heavy atom. The van der Waals surface area contributed by atoms with E-state index in [1.807, 2.05) is 6.92 Å². The van der Waals surface area contributed by atoms with Crippen LogP contribution in [0.2, 0.25) is 0 Å². The van der Waals surface area contributed by atoms with Gasteiger partial charge in [0, 0.05) is 11.0 Å². The van der Waals surface area contributed by atoms with Gasteiger partial charge in [-0.05, 0) is 43.2 Å². The second-order valence-electron chi connectivity index (χ2n) is 7.39. The Balaban J connectivity index is 2.73. The highest BCUT2D eigenvalue weighted by molar-refractivity contribution is 5.94. The molecule has 4 heteroatoms. The minimum atomic E-state index is -1.19. The van der Waals surface area contributed by atoms with Crippen LogP contribution < -0.4 is 0 Å². The summed E-state index contributed by atoms with van der Waals surface area (Å²) in [7, 11) is 0. The van der Waals surface area contributed by atoms with Gasteiger partial charge in [0.15, 0.2) is 0 Å². The molecule has 0 radical (unpaired) electrons. The third-order valence-corrected chi connectivity index (χ3v) is 4.96. The first-order chi connectivity index (χ1) is 9.99. The van der Waals surface area contributed by atoms with Crippen LogP contribution >= 0.6 is 0 Å². The number of phenolic OH excluding ortho intramolecular Hbond substituents is 1. The highest BCUT2D eigenvalue weighted by Crippen LogP contribution is 2.55. The van der Waals surface area contributed by atoms with Crippen molar-refractivity contribution in [2.45, 2.75) is 52.4 Å². The average Bonchev–Trinajstić information content (AvgIpc) is 2.32. The summed E-state index contributed by atoms with van der Waals surface area (Å²) in [6, 6.07) is 1.42. The predicted octanol–water partition coefficient (Wildman–Crippen LogP) is 4.13. The van der Waals surface area contributed by atoms with Crippen LogP contribution in [0, 0.1) is 12.3 Å². The summed E-state index contributed by atoms with van der Waals surface area (Å²) in [6.45, 7) is 11.9. The molecule has 22 heavy (non-hydrogen) atoms. The Kier molecular flexibility index (Phi) is 3.76. The van der Waals surface area contributed by atoms with E-state index in [9.17, 15) is 20.1 Å². The lowest BCUT2D eigenvalue weighted by Gasteiger charge is -2.45. The minimum absolute atomic E-state index is 0.0308. The summed E-state index contributed by atoms with van der Waals surface area (Å²) in [4.78, 5) is 11.4. The van der Waals surface area contributed by atoms with Crippen LogP contribution in [0.5, 0.6) is 11.5 Å². The minimum Gasteiger partial charge on any atom is -0.507 e. The summed E-state index contributed by atoms with van der Waals surface area (Å²) in [5.41, 5.74) is 0.781. The first kappa shape index (κ1) is 16.4. The van der Waals surface area contributed by atoms with Crippen molar-refractivity contribution in [1.82, 2.24) is 0 Å². The number of benzene rings is 1. The fourth-order valence-electron chi connectivity index (χ4n) is 3.80. The molecule has 1 unspecified atom stereocenters. The zero-order valence-corrected chi connectivity index (χ0v) is 13.7. The maximum absolute atomic E-state index is 11.4. The number of aromatic carboxylic acids is 1. The fourth-order valence-corrected chi connectivity index (χ4v) is 3.80. The molecule has 0 saturated heterocycles. The van der Waals surface area contributed by atoms with Crippen molar-refractivity contribution in [3.05, 3.63) is 34.9 Å². The molecular formula is C18H24O4. The lowest BCUT2D eigenvalue weighted by Crippen LogP contribution is -2.36. The van der Waals surface area contributed by atoms with Gasteiger partial charge in [-0.3, -0.25) is 0 Å². The molecular weight excluding hydrogens is 280 g/mol. The van der Waals surface area contributed by atoms with E-state index < -0.39 is 11.4 Å². The predicted molar refractivity (Wildman–Crippen MR) is 85.6 cm³/mol. The van der Waals surface area contributed by atoms with E-state index in [4.69, 9.17) is 0 Å². The van der Waals surface area contributed by atoms with Crippen molar-refractivity contribution < 1.29 is 20.1 Å². The van der Waals surface area contributed by atoms with Gasteiger partial charge >= 0.3 is 5.97 Å². The highest BCUT2D eigenvalue weighted by atomic mass is 16.4.